The fourth-order valence-corrected chi connectivity index (χ4v) is 1.57. The Hall–Kier alpha value is -1.87. The molecule has 0 aromatic heterocycles. The van der Waals surface area contributed by atoms with E-state index in [-0.39, 0.29) is 22.2 Å². The summed E-state index contributed by atoms with van der Waals surface area (Å²) >= 11 is 10.0. The van der Waals surface area contributed by atoms with Crippen molar-refractivity contribution >= 4 is 46.3 Å². The highest BCUT2D eigenvalue weighted by Crippen LogP contribution is 2.33. The highest BCUT2D eigenvalue weighted by atomic mass is 35.5. The van der Waals surface area contributed by atoms with Crippen LogP contribution in [0.3, 0.4) is 0 Å². The largest absolute Gasteiger partial charge is 0.416 e. The maximum Gasteiger partial charge on any atom is 0.416 e. The van der Waals surface area contributed by atoms with E-state index in [9.17, 15) is 22.8 Å². The first-order valence-corrected chi connectivity index (χ1v) is 6.13. The average molecular weight is 340 g/mol. The van der Waals surface area contributed by atoms with Gasteiger partial charge >= 0.3 is 18.0 Å². The third-order valence-electron chi connectivity index (χ3n) is 2.11. The number of amides is 2. The summed E-state index contributed by atoms with van der Waals surface area (Å²) in [5.41, 5.74) is 3.82. The van der Waals surface area contributed by atoms with Gasteiger partial charge in [0.1, 0.15) is 0 Å². The number of hydrogen-bond donors (Lipinski definition) is 3. The minimum atomic E-state index is -4.63. The van der Waals surface area contributed by atoms with Crippen molar-refractivity contribution in [2.24, 2.45) is 5.73 Å². The van der Waals surface area contributed by atoms with Crippen LogP contribution in [-0.2, 0) is 15.8 Å². The molecule has 0 aliphatic heterocycles. The van der Waals surface area contributed by atoms with E-state index in [0.717, 1.165) is 6.07 Å². The van der Waals surface area contributed by atoms with Crippen molar-refractivity contribution < 1.29 is 22.8 Å². The highest BCUT2D eigenvalue weighted by Gasteiger charge is 2.31. The first kappa shape index (κ1) is 17.2. The second-order valence-corrected chi connectivity index (χ2v) is 4.79. The van der Waals surface area contributed by atoms with Gasteiger partial charge in [0, 0.05) is 10.7 Å². The molecule has 0 saturated carbocycles. The zero-order valence-electron chi connectivity index (χ0n) is 10.3. The summed E-state index contributed by atoms with van der Waals surface area (Å²) in [5, 5.41) is 3.86. The second-order valence-electron chi connectivity index (χ2n) is 3.83. The molecule has 0 bridgehead atoms. The molecule has 0 aliphatic carbocycles. The number of anilines is 1. The molecule has 0 atom stereocenters. The number of alkyl halides is 3. The number of hydrogen-bond acceptors (Lipinski definition) is 3. The van der Waals surface area contributed by atoms with Gasteiger partial charge in [-0.15, -0.1) is 0 Å². The maximum absolute atomic E-state index is 12.6. The summed E-state index contributed by atoms with van der Waals surface area (Å²) < 4.78 is 37.7. The fourth-order valence-electron chi connectivity index (χ4n) is 1.26. The molecule has 1 aromatic carbocycles. The standard InChI is InChI=1S/C11H9ClF3N3O2S/c12-6-1-5(11(13,14)15)2-7(3-6)18-10(20)9(19)17-4-8(16)21/h1-3H,4H2,(H2,16,21)(H,17,19)(H,18,20). The van der Waals surface area contributed by atoms with Crippen LogP contribution in [0.15, 0.2) is 18.2 Å². The summed E-state index contributed by atoms with van der Waals surface area (Å²) in [5.74, 6) is -2.25. The lowest BCUT2D eigenvalue weighted by atomic mass is 10.2. The van der Waals surface area contributed by atoms with Crippen molar-refractivity contribution in [1.29, 1.82) is 0 Å². The molecule has 0 spiro atoms. The van der Waals surface area contributed by atoms with E-state index in [1.165, 1.54) is 0 Å². The van der Waals surface area contributed by atoms with Crippen LogP contribution >= 0.6 is 23.8 Å². The summed E-state index contributed by atoms with van der Waals surface area (Å²) in [7, 11) is 0. The van der Waals surface area contributed by atoms with E-state index in [1.807, 2.05) is 5.32 Å². The normalized spacial score (nSPS) is 10.9. The zero-order valence-corrected chi connectivity index (χ0v) is 11.8. The van der Waals surface area contributed by atoms with E-state index < -0.39 is 23.6 Å². The van der Waals surface area contributed by atoms with E-state index in [2.05, 4.69) is 17.5 Å². The highest BCUT2D eigenvalue weighted by molar-refractivity contribution is 7.80. The summed E-state index contributed by atoms with van der Waals surface area (Å²) in [6, 6.07) is 2.43. The van der Waals surface area contributed by atoms with Gasteiger partial charge < -0.3 is 16.4 Å². The van der Waals surface area contributed by atoms with Gasteiger partial charge in [-0.2, -0.15) is 13.2 Å². The van der Waals surface area contributed by atoms with Crippen LogP contribution in [0.1, 0.15) is 5.56 Å². The molecular weight excluding hydrogens is 331 g/mol. The van der Waals surface area contributed by atoms with Gasteiger partial charge in [0.2, 0.25) is 0 Å². The van der Waals surface area contributed by atoms with Gasteiger partial charge in [0.05, 0.1) is 17.1 Å². The molecule has 0 radical (unpaired) electrons. The second kappa shape index (κ2) is 6.72. The number of nitrogens with two attached hydrogens (primary N) is 1. The molecule has 0 aliphatic rings. The number of halogens is 4. The minimum Gasteiger partial charge on any atom is -0.392 e. The van der Waals surface area contributed by atoms with Gasteiger partial charge in [-0.05, 0) is 18.2 Å². The van der Waals surface area contributed by atoms with Gasteiger partial charge in [-0.25, -0.2) is 0 Å². The molecule has 114 valence electrons. The molecule has 0 saturated heterocycles. The third-order valence-corrected chi connectivity index (χ3v) is 2.47. The quantitative estimate of drug-likeness (QED) is 0.578. The Balaban J connectivity index is 2.83. The van der Waals surface area contributed by atoms with Crippen molar-refractivity contribution in [2.75, 3.05) is 11.9 Å². The van der Waals surface area contributed by atoms with Crippen LogP contribution in [-0.4, -0.2) is 23.3 Å². The first-order valence-electron chi connectivity index (χ1n) is 5.35. The summed E-state index contributed by atoms with van der Waals surface area (Å²) in [6.45, 7) is -0.203. The predicted molar refractivity (Wildman–Crippen MR) is 74.9 cm³/mol. The molecule has 0 fully saturated rings. The maximum atomic E-state index is 12.6. The molecule has 4 N–H and O–H groups in total. The Bertz CT molecular complexity index is 593. The predicted octanol–water partition coefficient (Wildman–Crippen LogP) is 1.70. The van der Waals surface area contributed by atoms with Gasteiger partial charge in [0.15, 0.2) is 0 Å². The zero-order chi connectivity index (χ0) is 16.2. The van der Waals surface area contributed by atoms with Crippen LogP contribution in [0.4, 0.5) is 18.9 Å². The lowest BCUT2D eigenvalue weighted by Crippen LogP contribution is -2.39. The molecule has 0 heterocycles. The van der Waals surface area contributed by atoms with Crippen molar-refractivity contribution in [1.82, 2.24) is 5.32 Å². The van der Waals surface area contributed by atoms with Crippen molar-refractivity contribution in [3.8, 4) is 0 Å². The van der Waals surface area contributed by atoms with Crippen molar-refractivity contribution in [3.05, 3.63) is 28.8 Å². The number of carbonyl (C=O) groups is 2. The van der Waals surface area contributed by atoms with Crippen LogP contribution in [0, 0.1) is 0 Å². The number of nitrogens with one attached hydrogen (secondary N) is 2. The molecule has 1 rings (SSSR count). The van der Waals surface area contributed by atoms with Crippen LogP contribution in [0.25, 0.3) is 0 Å². The van der Waals surface area contributed by atoms with Gasteiger partial charge in [-0.1, -0.05) is 23.8 Å². The number of thiocarbonyl (C=S) groups is 1. The first-order chi connectivity index (χ1) is 9.59. The lowest BCUT2D eigenvalue weighted by Gasteiger charge is -2.11. The fraction of sp³-hybridized carbons (Fsp3) is 0.182. The molecule has 1 aromatic rings. The number of rotatable bonds is 3. The SMILES string of the molecule is NC(=S)CNC(=O)C(=O)Nc1cc(Cl)cc(C(F)(F)F)c1. The molecule has 5 nitrogen and oxygen atoms in total. The molecule has 0 unspecified atom stereocenters. The van der Waals surface area contributed by atoms with Gasteiger partial charge in [-0.3, -0.25) is 9.59 Å². The van der Waals surface area contributed by atoms with Gasteiger partial charge in [0.25, 0.3) is 0 Å². The van der Waals surface area contributed by atoms with Crippen LogP contribution in [0.5, 0.6) is 0 Å². The third kappa shape index (κ3) is 5.56. The Labute approximate surface area is 127 Å². The average Bonchev–Trinajstić information content (AvgIpc) is 2.33. The number of benzene rings is 1. The van der Waals surface area contributed by atoms with Crippen LogP contribution < -0.4 is 16.4 Å². The minimum absolute atomic E-state index is 0.0433. The van der Waals surface area contributed by atoms with Crippen LogP contribution in [0.2, 0.25) is 5.02 Å². The topological polar surface area (TPSA) is 84.2 Å². The Kier molecular flexibility index (Phi) is 5.50. The Morgan fingerprint density at radius 3 is 2.38 bits per heavy atom. The Morgan fingerprint density at radius 1 is 1.24 bits per heavy atom. The molecule has 10 heteroatoms. The molecular formula is C11H9ClF3N3O2S. The van der Waals surface area contributed by atoms with E-state index in [4.69, 9.17) is 17.3 Å². The Morgan fingerprint density at radius 2 is 1.86 bits per heavy atom. The van der Waals surface area contributed by atoms with E-state index in [0.29, 0.717) is 12.1 Å². The lowest BCUT2D eigenvalue weighted by molar-refractivity contribution is -0.137. The summed E-state index contributed by atoms with van der Waals surface area (Å²) in [6.07, 6.45) is -4.63. The smallest absolute Gasteiger partial charge is 0.392 e. The monoisotopic (exact) mass is 339 g/mol. The summed E-state index contributed by atoms with van der Waals surface area (Å²) in [4.78, 5) is 22.7. The molecule has 2 amide bonds. The van der Waals surface area contributed by atoms with Crippen molar-refractivity contribution in [2.45, 2.75) is 6.18 Å². The van der Waals surface area contributed by atoms with E-state index in [1.54, 1.807) is 0 Å². The van der Waals surface area contributed by atoms with E-state index >= 15 is 0 Å². The molecule has 21 heavy (non-hydrogen) atoms. The number of carbonyl (C=O) groups excluding carboxylic acids is 2. The van der Waals surface area contributed by atoms with Crippen molar-refractivity contribution in [3.63, 3.8) is 0 Å².